The highest BCUT2D eigenvalue weighted by Gasteiger charge is 2.17. The molecule has 0 aliphatic rings. The highest BCUT2D eigenvalue weighted by molar-refractivity contribution is 9.10. The van der Waals surface area contributed by atoms with Gasteiger partial charge in [-0.3, -0.25) is 4.90 Å². The Labute approximate surface area is 111 Å². The van der Waals surface area contributed by atoms with E-state index in [0.717, 1.165) is 25.1 Å². The Morgan fingerprint density at radius 2 is 2.12 bits per heavy atom. The van der Waals surface area contributed by atoms with E-state index in [4.69, 9.17) is 5.73 Å². The van der Waals surface area contributed by atoms with Crippen LogP contribution in [-0.4, -0.2) is 24.5 Å². The van der Waals surface area contributed by atoms with Crippen molar-refractivity contribution >= 4 is 15.9 Å². The van der Waals surface area contributed by atoms with Crippen LogP contribution in [0.4, 0.5) is 4.39 Å². The summed E-state index contributed by atoms with van der Waals surface area (Å²) in [6, 6.07) is 5.29. The van der Waals surface area contributed by atoms with E-state index in [0.29, 0.717) is 11.0 Å². The molecule has 2 nitrogen and oxygen atoms in total. The van der Waals surface area contributed by atoms with Crippen LogP contribution in [0.5, 0.6) is 0 Å². The molecule has 1 rings (SSSR count). The first-order valence-electron chi connectivity index (χ1n) is 6.03. The summed E-state index contributed by atoms with van der Waals surface area (Å²) >= 11 is 3.22. The van der Waals surface area contributed by atoms with Gasteiger partial charge in [-0.05, 0) is 53.1 Å². The molecule has 0 bridgehead atoms. The third-order valence-corrected chi connectivity index (χ3v) is 3.52. The summed E-state index contributed by atoms with van der Waals surface area (Å²) in [6.07, 6.45) is 1.09. The highest BCUT2D eigenvalue weighted by Crippen LogP contribution is 2.24. The van der Waals surface area contributed by atoms with E-state index in [1.54, 1.807) is 0 Å². The maximum Gasteiger partial charge on any atom is 0.137 e. The van der Waals surface area contributed by atoms with E-state index in [1.165, 1.54) is 6.07 Å². The molecule has 0 heterocycles. The molecule has 0 radical (unpaired) electrons. The summed E-state index contributed by atoms with van der Waals surface area (Å²) in [4.78, 5) is 2.32. The zero-order valence-corrected chi connectivity index (χ0v) is 12.0. The largest absolute Gasteiger partial charge is 0.329 e. The fraction of sp³-hybridized carbons (Fsp3) is 0.538. The molecule has 0 fully saturated rings. The lowest BCUT2D eigenvalue weighted by molar-refractivity contribution is 0.212. The van der Waals surface area contributed by atoms with Crippen LogP contribution in [0.3, 0.4) is 0 Å². The summed E-state index contributed by atoms with van der Waals surface area (Å²) in [5.74, 6) is -0.233. The molecule has 0 saturated heterocycles. The van der Waals surface area contributed by atoms with E-state index in [2.05, 4.69) is 34.7 Å². The van der Waals surface area contributed by atoms with Gasteiger partial charge >= 0.3 is 0 Å². The summed E-state index contributed by atoms with van der Waals surface area (Å²) < 4.78 is 13.7. The quantitative estimate of drug-likeness (QED) is 0.873. The van der Waals surface area contributed by atoms with Crippen molar-refractivity contribution in [2.45, 2.75) is 26.3 Å². The monoisotopic (exact) mass is 302 g/mol. The third kappa shape index (κ3) is 3.76. The van der Waals surface area contributed by atoms with E-state index in [9.17, 15) is 4.39 Å². The zero-order chi connectivity index (χ0) is 12.8. The standard InChI is InChI=1S/C13H20BrFN2/c1-3-7-17(4-2)13(9-16)10-5-6-12(15)11(14)8-10/h5-6,8,13H,3-4,7,9,16H2,1-2H3. The smallest absolute Gasteiger partial charge is 0.137 e. The van der Waals surface area contributed by atoms with Crippen molar-refractivity contribution in [3.63, 3.8) is 0 Å². The first-order valence-corrected chi connectivity index (χ1v) is 6.82. The average molecular weight is 303 g/mol. The molecular weight excluding hydrogens is 283 g/mol. The van der Waals surface area contributed by atoms with Gasteiger partial charge in [-0.1, -0.05) is 19.9 Å². The Hall–Kier alpha value is -0.450. The Morgan fingerprint density at radius 3 is 2.59 bits per heavy atom. The van der Waals surface area contributed by atoms with E-state index in [-0.39, 0.29) is 11.9 Å². The number of hydrogen-bond acceptors (Lipinski definition) is 2. The number of likely N-dealkylation sites (N-methyl/N-ethyl adjacent to an activating group) is 1. The molecule has 1 unspecified atom stereocenters. The van der Waals surface area contributed by atoms with Crippen molar-refractivity contribution in [1.82, 2.24) is 4.90 Å². The van der Waals surface area contributed by atoms with Crippen LogP contribution in [0.15, 0.2) is 22.7 Å². The van der Waals surface area contributed by atoms with Gasteiger partial charge in [0.05, 0.1) is 4.47 Å². The summed E-state index contributed by atoms with van der Waals surface area (Å²) in [5.41, 5.74) is 6.91. The van der Waals surface area contributed by atoms with Crippen molar-refractivity contribution in [3.8, 4) is 0 Å². The Bertz CT molecular complexity index is 357. The number of hydrogen-bond donors (Lipinski definition) is 1. The molecule has 17 heavy (non-hydrogen) atoms. The molecule has 4 heteroatoms. The van der Waals surface area contributed by atoms with E-state index in [1.807, 2.05) is 12.1 Å². The van der Waals surface area contributed by atoms with Gasteiger partial charge in [0.25, 0.3) is 0 Å². The zero-order valence-electron chi connectivity index (χ0n) is 10.4. The highest BCUT2D eigenvalue weighted by atomic mass is 79.9. The SMILES string of the molecule is CCCN(CC)C(CN)c1ccc(F)c(Br)c1. The van der Waals surface area contributed by atoms with Gasteiger partial charge in [-0.25, -0.2) is 4.39 Å². The lowest BCUT2D eigenvalue weighted by Gasteiger charge is -2.30. The summed E-state index contributed by atoms with van der Waals surface area (Å²) in [5, 5.41) is 0. The van der Waals surface area contributed by atoms with Gasteiger partial charge in [-0.2, -0.15) is 0 Å². The van der Waals surface area contributed by atoms with Crippen LogP contribution in [0.25, 0.3) is 0 Å². The predicted molar refractivity (Wildman–Crippen MR) is 73.4 cm³/mol. The number of benzene rings is 1. The van der Waals surface area contributed by atoms with Gasteiger partial charge in [0.1, 0.15) is 5.82 Å². The first kappa shape index (κ1) is 14.6. The molecule has 1 atom stereocenters. The van der Waals surface area contributed by atoms with Crippen molar-refractivity contribution in [1.29, 1.82) is 0 Å². The maximum absolute atomic E-state index is 13.2. The molecule has 1 aromatic carbocycles. The Balaban J connectivity index is 2.95. The second-order valence-electron chi connectivity index (χ2n) is 4.05. The molecule has 2 N–H and O–H groups in total. The van der Waals surface area contributed by atoms with Crippen LogP contribution < -0.4 is 5.73 Å². The van der Waals surface area contributed by atoms with Gasteiger partial charge in [-0.15, -0.1) is 0 Å². The normalized spacial score (nSPS) is 13.1. The van der Waals surface area contributed by atoms with Crippen LogP contribution >= 0.6 is 15.9 Å². The van der Waals surface area contributed by atoms with E-state index < -0.39 is 0 Å². The summed E-state index contributed by atoms with van der Waals surface area (Å²) in [7, 11) is 0. The van der Waals surface area contributed by atoms with E-state index >= 15 is 0 Å². The second-order valence-corrected chi connectivity index (χ2v) is 4.91. The molecule has 0 aliphatic carbocycles. The second kappa shape index (κ2) is 7.09. The van der Waals surface area contributed by atoms with Gasteiger partial charge < -0.3 is 5.73 Å². The summed E-state index contributed by atoms with van der Waals surface area (Å²) in [6.45, 7) is 6.78. The minimum atomic E-state index is -0.233. The van der Waals surface area contributed by atoms with Crippen LogP contribution in [0.1, 0.15) is 31.9 Å². The predicted octanol–water partition coefficient (Wildman–Crippen LogP) is 3.32. The maximum atomic E-state index is 13.2. The van der Waals surface area contributed by atoms with Crippen molar-refractivity contribution in [2.75, 3.05) is 19.6 Å². The number of nitrogens with zero attached hydrogens (tertiary/aromatic N) is 1. The Morgan fingerprint density at radius 1 is 1.41 bits per heavy atom. The third-order valence-electron chi connectivity index (χ3n) is 2.91. The average Bonchev–Trinajstić information content (AvgIpc) is 2.33. The topological polar surface area (TPSA) is 29.3 Å². The molecule has 0 aliphatic heterocycles. The minimum absolute atomic E-state index is 0.164. The first-order chi connectivity index (χ1) is 8.13. The fourth-order valence-electron chi connectivity index (χ4n) is 2.04. The fourth-order valence-corrected chi connectivity index (χ4v) is 2.43. The Kier molecular flexibility index (Phi) is 6.09. The lowest BCUT2D eigenvalue weighted by Crippen LogP contribution is -2.34. The molecule has 1 aromatic rings. The van der Waals surface area contributed by atoms with Crippen molar-refractivity contribution < 1.29 is 4.39 Å². The van der Waals surface area contributed by atoms with Gasteiger partial charge in [0.2, 0.25) is 0 Å². The van der Waals surface area contributed by atoms with Crippen molar-refractivity contribution in [2.24, 2.45) is 5.73 Å². The molecule has 0 aromatic heterocycles. The lowest BCUT2D eigenvalue weighted by atomic mass is 10.0. The molecule has 0 spiro atoms. The van der Waals surface area contributed by atoms with Crippen LogP contribution in [0.2, 0.25) is 0 Å². The van der Waals surface area contributed by atoms with Gasteiger partial charge in [0.15, 0.2) is 0 Å². The molecular formula is C13H20BrFN2. The number of nitrogens with two attached hydrogens (primary N) is 1. The molecule has 0 saturated carbocycles. The van der Waals surface area contributed by atoms with Gasteiger partial charge in [0, 0.05) is 12.6 Å². The number of rotatable bonds is 6. The number of halogens is 2. The molecule has 96 valence electrons. The minimum Gasteiger partial charge on any atom is -0.329 e. The van der Waals surface area contributed by atoms with Crippen LogP contribution in [0, 0.1) is 5.82 Å². The van der Waals surface area contributed by atoms with Crippen molar-refractivity contribution in [3.05, 3.63) is 34.1 Å². The molecule has 0 amide bonds. The van der Waals surface area contributed by atoms with Crippen LogP contribution in [-0.2, 0) is 0 Å².